The number of piperidine rings is 1. The van der Waals surface area contributed by atoms with Gasteiger partial charge in [0.25, 0.3) is 5.91 Å². The topological polar surface area (TPSA) is 92.8 Å². The number of ether oxygens (including phenoxy) is 1. The Bertz CT molecular complexity index is 1050. The number of halogens is 2. The van der Waals surface area contributed by atoms with Gasteiger partial charge in [-0.1, -0.05) is 29.6 Å². The number of sulfonamides is 1. The van der Waals surface area contributed by atoms with Crippen LogP contribution in [0.15, 0.2) is 47.4 Å². The van der Waals surface area contributed by atoms with E-state index in [2.05, 4.69) is 5.32 Å². The molecular weight excluding hydrogens is 463 g/mol. The molecule has 3 rings (SSSR count). The number of amides is 1. The van der Waals surface area contributed by atoms with Crippen molar-refractivity contribution in [2.45, 2.75) is 37.2 Å². The van der Waals surface area contributed by atoms with Crippen LogP contribution in [-0.4, -0.2) is 43.8 Å². The summed E-state index contributed by atoms with van der Waals surface area (Å²) in [4.78, 5) is 24.8. The van der Waals surface area contributed by atoms with Crippen molar-refractivity contribution in [2.75, 3.05) is 18.4 Å². The molecule has 7 nitrogen and oxygen atoms in total. The van der Waals surface area contributed by atoms with Gasteiger partial charge in [-0.15, -0.1) is 0 Å². The normalized spacial score (nSPS) is 15.8. The first kappa shape index (κ1) is 23.5. The number of anilines is 1. The molecule has 0 radical (unpaired) electrons. The van der Waals surface area contributed by atoms with E-state index in [1.807, 2.05) is 0 Å². The molecule has 0 aliphatic carbocycles. The van der Waals surface area contributed by atoms with Gasteiger partial charge < -0.3 is 10.1 Å². The molecular formula is C21H22Cl2N2O5S. The van der Waals surface area contributed by atoms with E-state index in [4.69, 9.17) is 27.9 Å². The van der Waals surface area contributed by atoms with Crippen molar-refractivity contribution >= 4 is 50.8 Å². The van der Waals surface area contributed by atoms with Crippen LogP contribution in [0.4, 0.5) is 5.69 Å². The second-order valence-corrected chi connectivity index (χ2v) is 9.99. The van der Waals surface area contributed by atoms with Gasteiger partial charge >= 0.3 is 5.97 Å². The zero-order valence-electron chi connectivity index (χ0n) is 16.8. The lowest BCUT2D eigenvalue weighted by atomic mass is 10.2. The molecule has 0 bridgehead atoms. The monoisotopic (exact) mass is 484 g/mol. The molecule has 0 aromatic heterocycles. The second-order valence-electron chi connectivity index (χ2n) is 7.18. The van der Waals surface area contributed by atoms with Crippen molar-refractivity contribution in [3.63, 3.8) is 0 Å². The third-order valence-electron chi connectivity index (χ3n) is 4.83. The average Bonchev–Trinajstić information content (AvgIpc) is 2.73. The highest BCUT2D eigenvalue weighted by atomic mass is 35.5. The second kappa shape index (κ2) is 9.99. The highest BCUT2D eigenvalue weighted by Gasteiger charge is 2.26. The van der Waals surface area contributed by atoms with E-state index in [0.717, 1.165) is 19.3 Å². The minimum Gasteiger partial charge on any atom is -0.449 e. The first-order valence-electron chi connectivity index (χ1n) is 9.75. The fraction of sp³-hybridized carbons (Fsp3) is 0.333. The molecule has 1 amide bonds. The number of nitrogens with one attached hydrogen (secondary N) is 1. The summed E-state index contributed by atoms with van der Waals surface area (Å²) in [5.41, 5.74) is 0.515. The van der Waals surface area contributed by atoms with Crippen LogP contribution in [0.25, 0.3) is 0 Å². The summed E-state index contributed by atoms with van der Waals surface area (Å²) in [6.07, 6.45) is 1.60. The van der Waals surface area contributed by atoms with E-state index in [9.17, 15) is 18.0 Å². The Balaban J connectivity index is 1.62. The van der Waals surface area contributed by atoms with Gasteiger partial charge in [-0.3, -0.25) is 4.79 Å². The summed E-state index contributed by atoms with van der Waals surface area (Å²) >= 11 is 11.8. The van der Waals surface area contributed by atoms with Crippen LogP contribution in [0.1, 0.15) is 36.5 Å². The molecule has 1 atom stereocenters. The Kier molecular flexibility index (Phi) is 7.59. The van der Waals surface area contributed by atoms with Gasteiger partial charge in [0.15, 0.2) is 6.10 Å². The van der Waals surface area contributed by atoms with E-state index >= 15 is 0 Å². The highest BCUT2D eigenvalue weighted by molar-refractivity contribution is 7.89. The Morgan fingerprint density at radius 3 is 2.16 bits per heavy atom. The van der Waals surface area contributed by atoms with Crippen molar-refractivity contribution in [2.24, 2.45) is 0 Å². The largest absolute Gasteiger partial charge is 0.449 e. The number of benzene rings is 2. The third-order valence-corrected chi connectivity index (χ3v) is 7.18. The molecule has 1 fully saturated rings. The van der Waals surface area contributed by atoms with E-state index in [1.165, 1.54) is 53.7 Å². The van der Waals surface area contributed by atoms with Crippen molar-refractivity contribution < 1.29 is 22.7 Å². The van der Waals surface area contributed by atoms with Crippen LogP contribution >= 0.6 is 23.2 Å². The number of esters is 1. The lowest BCUT2D eigenvalue weighted by molar-refractivity contribution is -0.123. The summed E-state index contributed by atoms with van der Waals surface area (Å²) in [7, 11) is -3.59. The summed E-state index contributed by atoms with van der Waals surface area (Å²) < 4.78 is 32.0. The van der Waals surface area contributed by atoms with Gasteiger partial charge in [0.2, 0.25) is 10.0 Å². The highest BCUT2D eigenvalue weighted by Crippen LogP contribution is 2.23. The van der Waals surface area contributed by atoms with Crippen LogP contribution in [0.5, 0.6) is 0 Å². The SMILES string of the molecule is C[C@@H](OC(=O)c1ccc(S(=O)(=O)N2CCCCC2)cc1)C(=O)Nc1cc(Cl)cc(Cl)c1. The standard InChI is InChI=1S/C21H22Cl2N2O5S/c1-14(20(26)24-18-12-16(22)11-17(23)13-18)30-21(27)15-5-7-19(8-6-15)31(28,29)25-9-3-2-4-10-25/h5-8,11-14H,2-4,9-10H2,1H3,(H,24,26)/t14-/m1/s1. The molecule has 31 heavy (non-hydrogen) atoms. The van der Waals surface area contributed by atoms with Crippen LogP contribution in [0.2, 0.25) is 10.0 Å². The fourth-order valence-corrected chi connectivity index (χ4v) is 5.21. The number of carbonyl (C=O) groups excluding carboxylic acids is 2. The number of hydrogen-bond acceptors (Lipinski definition) is 5. The molecule has 2 aromatic carbocycles. The smallest absolute Gasteiger partial charge is 0.338 e. The molecule has 1 aliphatic rings. The summed E-state index contributed by atoms with van der Waals surface area (Å²) in [5, 5.41) is 3.28. The molecule has 2 aromatic rings. The zero-order chi connectivity index (χ0) is 22.6. The summed E-state index contributed by atoms with van der Waals surface area (Å²) in [6.45, 7) is 2.42. The van der Waals surface area contributed by atoms with Crippen molar-refractivity contribution in [1.29, 1.82) is 0 Å². The van der Waals surface area contributed by atoms with Crippen LogP contribution in [-0.2, 0) is 19.6 Å². The number of hydrogen-bond donors (Lipinski definition) is 1. The van der Waals surface area contributed by atoms with Gasteiger partial charge in [0.05, 0.1) is 10.5 Å². The van der Waals surface area contributed by atoms with Crippen LogP contribution < -0.4 is 5.32 Å². The fourth-order valence-electron chi connectivity index (χ4n) is 3.17. The predicted octanol–water partition coefficient (Wildman–Crippen LogP) is 4.35. The van der Waals surface area contributed by atoms with Gasteiger partial charge in [0, 0.05) is 28.8 Å². The maximum Gasteiger partial charge on any atom is 0.338 e. The van der Waals surface area contributed by atoms with Crippen LogP contribution in [0.3, 0.4) is 0 Å². The summed E-state index contributed by atoms with van der Waals surface area (Å²) in [5.74, 6) is -1.30. The lowest BCUT2D eigenvalue weighted by Gasteiger charge is -2.25. The predicted molar refractivity (Wildman–Crippen MR) is 119 cm³/mol. The molecule has 10 heteroatoms. The molecule has 1 heterocycles. The molecule has 0 spiro atoms. The van der Waals surface area contributed by atoms with Gasteiger partial charge in [-0.25, -0.2) is 13.2 Å². The average molecular weight is 485 g/mol. The third kappa shape index (κ3) is 5.98. The van der Waals surface area contributed by atoms with Gasteiger partial charge in [-0.2, -0.15) is 4.31 Å². The Morgan fingerprint density at radius 2 is 1.58 bits per heavy atom. The number of nitrogens with zero attached hydrogens (tertiary/aromatic N) is 1. The lowest BCUT2D eigenvalue weighted by Crippen LogP contribution is -2.35. The quantitative estimate of drug-likeness (QED) is 0.615. The van der Waals surface area contributed by atoms with Gasteiger partial charge in [-0.05, 0) is 62.2 Å². The minimum absolute atomic E-state index is 0.120. The maximum atomic E-state index is 12.7. The Morgan fingerprint density at radius 1 is 1.00 bits per heavy atom. The van der Waals surface area contributed by atoms with Gasteiger partial charge in [0.1, 0.15) is 0 Å². The Labute approximate surface area is 191 Å². The number of rotatable bonds is 6. The van der Waals surface area contributed by atoms with Crippen LogP contribution in [0, 0.1) is 0 Å². The van der Waals surface area contributed by atoms with E-state index in [0.29, 0.717) is 28.8 Å². The molecule has 1 aliphatic heterocycles. The minimum atomic E-state index is -3.59. The van der Waals surface area contributed by atoms with Crippen molar-refractivity contribution in [3.05, 3.63) is 58.1 Å². The first-order chi connectivity index (χ1) is 14.7. The molecule has 0 saturated carbocycles. The van der Waals surface area contributed by atoms with E-state index < -0.39 is 28.0 Å². The zero-order valence-corrected chi connectivity index (χ0v) is 19.1. The first-order valence-corrected chi connectivity index (χ1v) is 11.9. The Hall–Kier alpha value is -2.13. The number of carbonyl (C=O) groups is 2. The van der Waals surface area contributed by atoms with E-state index in [1.54, 1.807) is 0 Å². The maximum absolute atomic E-state index is 12.7. The molecule has 1 saturated heterocycles. The molecule has 0 unspecified atom stereocenters. The summed E-state index contributed by atoms with van der Waals surface area (Å²) in [6, 6.07) is 10.1. The molecule has 166 valence electrons. The van der Waals surface area contributed by atoms with Crippen molar-refractivity contribution in [3.8, 4) is 0 Å². The van der Waals surface area contributed by atoms with Crippen molar-refractivity contribution in [1.82, 2.24) is 4.31 Å². The van der Waals surface area contributed by atoms with E-state index in [-0.39, 0.29) is 10.5 Å². The molecule has 1 N–H and O–H groups in total.